The molecule has 0 radical (unpaired) electrons. The standard InChI is InChI=1S/C22H31ClFNO2/c1-7-10-18(3)15-25(6)20(5)14-22(21(23)16-26)27-12-9-8-11-17(2)13-19(4)24/h7-8,10-11,13-14,16,19H,3,9,12,15H2,1-2,4-6H3/b10-7-,11-8-,17-13-,20-14-,22-21-. The topological polar surface area (TPSA) is 29.5 Å². The van der Waals surface area contributed by atoms with Gasteiger partial charge in [0.15, 0.2) is 6.29 Å². The van der Waals surface area contributed by atoms with Crippen molar-refractivity contribution in [1.82, 2.24) is 4.90 Å². The van der Waals surface area contributed by atoms with Crippen LogP contribution in [0.15, 0.2) is 70.7 Å². The number of carbonyl (C=O) groups excluding carboxylic acids is 1. The second-order valence-corrected chi connectivity index (χ2v) is 6.66. The van der Waals surface area contributed by atoms with Gasteiger partial charge in [-0.05, 0) is 45.8 Å². The number of nitrogens with zero attached hydrogens (tertiary/aromatic N) is 1. The van der Waals surface area contributed by atoms with Crippen molar-refractivity contribution in [2.75, 3.05) is 20.2 Å². The maximum absolute atomic E-state index is 12.9. The molecule has 0 aliphatic rings. The second kappa shape index (κ2) is 14.0. The number of hydrogen-bond donors (Lipinski definition) is 0. The molecule has 0 saturated carbocycles. The van der Waals surface area contributed by atoms with E-state index in [1.165, 1.54) is 13.0 Å². The van der Waals surface area contributed by atoms with Gasteiger partial charge < -0.3 is 9.64 Å². The summed E-state index contributed by atoms with van der Waals surface area (Å²) in [5.74, 6) is 0.325. The van der Waals surface area contributed by atoms with E-state index < -0.39 is 6.17 Å². The van der Waals surface area contributed by atoms with Crippen LogP contribution in [0.3, 0.4) is 0 Å². The van der Waals surface area contributed by atoms with Gasteiger partial charge in [-0.15, -0.1) is 0 Å². The Morgan fingerprint density at radius 1 is 1.33 bits per heavy atom. The summed E-state index contributed by atoms with van der Waals surface area (Å²) in [5, 5.41) is 0.0151. The van der Waals surface area contributed by atoms with Crippen molar-refractivity contribution < 1.29 is 13.9 Å². The van der Waals surface area contributed by atoms with E-state index in [4.69, 9.17) is 16.3 Å². The van der Waals surface area contributed by atoms with Crippen molar-refractivity contribution in [3.05, 3.63) is 70.7 Å². The molecule has 0 aromatic rings. The molecule has 0 fully saturated rings. The van der Waals surface area contributed by atoms with Crippen molar-refractivity contribution in [2.24, 2.45) is 0 Å². The number of aldehydes is 1. The first-order valence-electron chi connectivity index (χ1n) is 8.87. The number of ether oxygens (including phenoxy) is 1. The molecule has 0 aromatic carbocycles. The normalized spacial score (nSPS) is 15.1. The number of halogens is 2. The lowest BCUT2D eigenvalue weighted by molar-refractivity contribution is -0.104. The third-order valence-corrected chi connectivity index (χ3v) is 3.81. The molecule has 5 heteroatoms. The quantitative estimate of drug-likeness (QED) is 0.136. The Morgan fingerprint density at radius 3 is 2.56 bits per heavy atom. The van der Waals surface area contributed by atoms with Gasteiger partial charge in [-0.25, -0.2) is 4.39 Å². The summed E-state index contributed by atoms with van der Waals surface area (Å²) in [6, 6.07) is 0. The molecule has 0 aromatic heterocycles. The maximum Gasteiger partial charge on any atom is 0.165 e. The summed E-state index contributed by atoms with van der Waals surface area (Å²) in [6.07, 6.45) is 11.1. The predicted octanol–water partition coefficient (Wildman–Crippen LogP) is 5.87. The summed E-state index contributed by atoms with van der Waals surface area (Å²) in [7, 11) is 1.93. The molecule has 1 unspecified atom stereocenters. The smallest absolute Gasteiger partial charge is 0.165 e. The minimum atomic E-state index is -0.971. The summed E-state index contributed by atoms with van der Waals surface area (Å²) < 4.78 is 18.5. The maximum atomic E-state index is 12.9. The lowest BCUT2D eigenvalue weighted by atomic mass is 10.2. The van der Waals surface area contributed by atoms with Crippen LogP contribution in [0.25, 0.3) is 0 Å². The number of rotatable bonds is 12. The zero-order chi connectivity index (χ0) is 20.8. The Kier molecular flexibility index (Phi) is 13.0. The molecule has 0 rings (SSSR count). The van der Waals surface area contributed by atoms with Crippen LogP contribution in [0.5, 0.6) is 0 Å². The van der Waals surface area contributed by atoms with E-state index in [9.17, 15) is 9.18 Å². The SMILES string of the molecule is C=C(/C=C\C)CN(C)/C(C)=C\C(OCC/C=C\C(C)=C/C(C)F)=C(\Cl)C=O. The van der Waals surface area contributed by atoms with Gasteiger partial charge in [0.1, 0.15) is 17.0 Å². The van der Waals surface area contributed by atoms with Crippen molar-refractivity contribution >= 4 is 17.9 Å². The van der Waals surface area contributed by atoms with Gasteiger partial charge in [0.2, 0.25) is 0 Å². The van der Waals surface area contributed by atoms with Gasteiger partial charge in [-0.3, -0.25) is 4.79 Å². The largest absolute Gasteiger partial charge is 0.492 e. The van der Waals surface area contributed by atoms with Crippen LogP contribution in [-0.2, 0) is 9.53 Å². The van der Waals surface area contributed by atoms with Crippen molar-refractivity contribution in [1.29, 1.82) is 0 Å². The zero-order valence-electron chi connectivity index (χ0n) is 17.0. The molecule has 3 nitrogen and oxygen atoms in total. The van der Waals surface area contributed by atoms with Crippen LogP contribution in [0.2, 0.25) is 0 Å². The van der Waals surface area contributed by atoms with Crippen LogP contribution in [0.1, 0.15) is 34.1 Å². The van der Waals surface area contributed by atoms with Crippen LogP contribution >= 0.6 is 11.6 Å². The van der Waals surface area contributed by atoms with Crippen molar-refractivity contribution in [3.8, 4) is 0 Å². The summed E-state index contributed by atoms with van der Waals surface area (Å²) in [6.45, 7) is 12.2. The lowest BCUT2D eigenvalue weighted by Gasteiger charge is -2.21. The Hall–Kier alpha value is -2.07. The van der Waals surface area contributed by atoms with E-state index in [1.54, 1.807) is 6.08 Å². The van der Waals surface area contributed by atoms with Crippen LogP contribution in [0.4, 0.5) is 4.39 Å². The molecule has 0 heterocycles. The van der Waals surface area contributed by atoms with Crippen LogP contribution in [-0.4, -0.2) is 37.6 Å². The fourth-order valence-corrected chi connectivity index (χ4v) is 2.29. The number of alkyl halides is 1. The van der Waals surface area contributed by atoms with Gasteiger partial charge >= 0.3 is 0 Å². The summed E-state index contributed by atoms with van der Waals surface area (Å²) >= 11 is 5.98. The highest BCUT2D eigenvalue weighted by molar-refractivity contribution is 6.39. The first-order chi connectivity index (χ1) is 12.7. The fourth-order valence-electron chi connectivity index (χ4n) is 2.18. The second-order valence-electron chi connectivity index (χ2n) is 6.26. The van der Waals surface area contributed by atoms with E-state index in [0.29, 0.717) is 31.6 Å². The number of likely N-dealkylation sites (N-methyl/N-ethyl adjacent to an activating group) is 1. The molecule has 0 amide bonds. The molecule has 0 N–H and O–H groups in total. The molecule has 0 aliphatic carbocycles. The highest BCUT2D eigenvalue weighted by Gasteiger charge is 2.07. The Morgan fingerprint density at radius 2 is 2.00 bits per heavy atom. The summed E-state index contributed by atoms with van der Waals surface area (Å²) in [4.78, 5) is 13.0. The summed E-state index contributed by atoms with van der Waals surface area (Å²) in [5.41, 5.74) is 2.71. The molecule has 0 saturated heterocycles. The first-order valence-corrected chi connectivity index (χ1v) is 9.25. The first kappa shape index (κ1) is 24.9. The fraction of sp³-hybridized carbons (Fsp3) is 0.409. The molecular weight excluding hydrogens is 365 g/mol. The van der Waals surface area contributed by atoms with E-state index in [0.717, 1.165) is 16.8 Å². The van der Waals surface area contributed by atoms with E-state index in [2.05, 4.69) is 6.58 Å². The number of carbonyl (C=O) groups is 1. The Labute approximate surface area is 168 Å². The third-order valence-electron chi connectivity index (χ3n) is 3.54. The van der Waals surface area contributed by atoms with Gasteiger partial charge in [0, 0.05) is 25.4 Å². The van der Waals surface area contributed by atoms with Gasteiger partial charge in [0.25, 0.3) is 0 Å². The minimum absolute atomic E-state index is 0.0151. The molecule has 1 atom stereocenters. The third kappa shape index (κ3) is 12.0. The van der Waals surface area contributed by atoms with Gasteiger partial charge in [-0.1, -0.05) is 48.1 Å². The minimum Gasteiger partial charge on any atom is -0.492 e. The molecule has 0 spiro atoms. The van der Waals surface area contributed by atoms with E-state index in [-0.39, 0.29) is 5.03 Å². The average Bonchev–Trinajstić information content (AvgIpc) is 2.58. The highest BCUT2D eigenvalue weighted by Crippen LogP contribution is 2.15. The predicted molar refractivity (Wildman–Crippen MR) is 113 cm³/mol. The molecule has 0 bridgehead atoms. The van der Waals surface area contributed by atoms with Gasteiger partial charge in [-0.2, -0.15) is 0 Å². The lowest BCUT2D eigenvalue weighted by Crippen LogP contribution is -2.18. The number of hydrogen-bond acceptors (Lipinski definition) is 3. The van der Waals surface area contributed by atoms with Gasteiger partial charge in [0.05, 0.1) is 6.61 Å². The Balaban J connectivity index is 4.89. The Bertz CT molecular complexity index is 643. The molecule has 150 valence electrons. The van der Waals surface area contributed by atoms with E-state index >= 15 is 0 Å². The molecule has 0 aliphatic heterocycles. The van der Waals surface area contributed by atoms with E-state index in [1.807, 2.05) is 57.0 Å². The number of allylic oxidation sites excluding steroid dienone is 7. The van der Waals surface area contributed by atoms with Crippen LogP contribution < -0.4 is 0 Å². The monoisotopic (exact) mass is 395 g/mol. The van der Waals surface area contributed by atoms with Crippen molar-refractivity contribution in [2.45, 2.75) is 40.3 Å². The van der Waals surface area contributed by atoms with Crippen LogP contribution in [0, 0.1) is 0 Å². The highest BCUT2D eigenvalue weighted by atomic mass is 35.5. The van der Waals surface area contributed by atoms with Crippen molar-refractivity contribution in [3.63, 3.8) is 0 Å². The zero-order valence-corrected chi connectivity index (χ0v) is 17.7. The molecule has 27 heavy (non-hydrogen) atoms. The molecular formula is C22H31ClFNO2. The average molecular weight is 396 g/mol.